The Morgan fingerprint density at radius 3 is 2.10 bits per heavy atom. The second kappa shape index (κ2) is 10.7. The van der Waals surface area contributed by atoms with Crippen molar-refractivity contribution in [2.45, 2.75) is 31.6 Å². The van der Waals surface area contributed by atoms with Gasteiger partial charge in [0.05, 0.1) is 9.82 Å². The van der Waals surface area contributed by atoms with E-state index < -0.39 is 20.9 Å². The highest BCUT2D eigenvalue weighted by molar-refractivity contribution is 7.89. The first-order chi connectivity index (χ1) is 14.3. The quantitative estimate of drug-likeness (QED) is 0.347. The molecule has 2 aromatic carbocycles. The van der Waals surface area contributed by atoms with Crippen molar-refractivity contribution in [3.05, 3.63) is 70.3 Å². The van der Waals surface area contributed by atoms with E-state index in [2.05, 4.69) is 5.32 Å². The minimum Gasteiger partial charge on any atom is -0.323 e. The fourth-order valence-electron chi connectivity index (χ4n) is 2.77. The molecule has 30 heavy (non-hydrogen) atoms. The first kappa shape index (κ1) is 23.2. The van der Waals surface area contributed by atoms with Gasteiger partial charge in [0, 0.05) is 37.0 Å². The Bertz CT molecular complexity index is 994. The van der Waals surface area contributed by atoms with Crippen LogP contribution >= 0.6 is 0 Å². The van der Waals surface area contributed by atoms with Crippen molar-refractivity contribution in [3.63, 3.8) is 0 Å². The Morgan fingerprint density at radius 2 is 1.60 bits per heavy atom. The van der Waals surface area contributed by atoms with Crippen LogP contribution in [0.3, 0.4) is 0 Å². The van der Waals surface area contributed by atoms with E-state index in [4.69, 9.17) is 0 Å². The molecular formula is C21H25N3O5S. The Morgan fingerprint density at radius 1 is 1.03 bits per heavy atom. The molecule has 0 aliphatic rings. The van der Waals surface area contributed by atoms with Crippen LogP contribution < -0.4 is 5.32 Å². The third-order valence-corrected chi connectivity index (χ3v) is 6.15. The van der Waals surface area contributed by atoms with Gasteiger partial charge in [-0.05, 0) is 60.9 Å². The third-order valence-electron chi connectivity index (χ3n) is 4.24. The van der Waals surface area contributed by atoms with Crippen LogP contribution in [0, 0.1) is 10.1 Å². The molecule has 1 amide bonds. The van der Waals surface area contributed by atoms with Gasteiger partial charge in [0.2, 0.25) is 15.9 Å². The topological polar surface area (TPSA) is 110 Å². The highest BCUT2D eigenvalue weighted by Crippen LogP contribution is 2.19. The normalized spacial score (nSPS) is 11.7. The van der Waals surface area contributed by atoms with E-state index in [1.54, 1.807) is 24.3 Å². The summed E-state index contributed by atoms with van der Waals surface area (Å²) in [6.45, 7) is 4.78. The van der Waals surface area contributed by atoms with Gasteiger partial charge in [0.15, 0.2) is 0 Å². The Hall–Kier alpha value is -3.04. The summed E-state index contributed by atoms with van der Waals surface area (Å²) < 4.78 is 27.0. The molecule has 8 nitrogen and oxygen atoms in total. The van der Waals surface area contributed by atoms with E-state index in [0.29, 0.717) is 24.3 Å². The van der Waals surface area contributed by atoms with Gasteiger partial charge >= 0.3 is 0 Å². The van der Waals surface area contributed by atoms with Crippen LogP contribution in [-0.2, 0) is 14.8 Å². The Balaban J connectivity index is 2.04. The van der Waals surface area contributed by atoms with Gasteiger partial charge < -0.3 is 5.32 Å². The molecule has 0 aromatic heterocycles. The number of hydrogen-bond acceptors (Lipinski definition) is 5. The highest BCUT2D eigenvalue weighted by atomic mass is 32.2. The standard InChI is InChI=1S/C21H25N3O5S/c1-3-15-23(16-4-2)30(28,29)20-12-8-18(9-13-20)22-21(25)14-7-17-5-10-19(11-6-17)24(26)27/h5-14H,3-4,15-16H2,1-2H3,(H,22,25)/b14-7+. The number of nitrogens with one attached hydrogen (secondary N) is 1. The van der Waals surface area contributed by atoms with E-state index in [-0.39, 0.29) is 10.6 Å². The molecule has 2 rings (SSSR count). The number of rotatable bonds is 10. The second-order valence-corrected chi connectivity index (χ2v) is 8.54. The van der Waals surface area contributed by atoms with Gasteiger partial charge in [-0.1, -0.05) is 13.8 Å². The lowest BCUT2D eigenvalue weighted by Crippen LogP contribution is -2.32. The number of amides is 1. The number of anilines is 1. The van der Waals surface area contributed by atoms with E-state index in [1.807, 2.05) is 13.8 Å². The highest BCUT2D eigenvalue weighted by Gasteiger charge is 2.22. The van der Waals surface area contributed by atoms with Crippen molar-refractivity contribution in [1.29, 1.82) is 0 Å². The lowest BCUT2D eigenvalue weighted by atomic mass is 10.2. The summed E-state index contributed by atoms with van der Waals surface area (Å²) in [7, 11) is -3.57. The molecule has 0 spiro atoms. The van der Waals surface area contributed by atoms with E-state index in [9.17, 15) is 23.3 Å². The summed E-state index contributed by atoms with van der Waals surface area (Å²) in [6.07, 6.45) is 4.30. The predicted molar refractivity (Wildman–Crippen MR) is 117 cm³/mol. The second-order valence-electron chi connectivity index (χ2n) is 6.60. The van der Waals surface area contributed by atoms with E-state index in [1.165, 1.54) is 40.7 Å². The predicted octanol–water partition coefficient (Wildman–Crippen LogP) is 4.06. The number of nitrogens with zero attached hydrogens (tertiary/aromatic N) is 2. The fourth-order valence-corrected chi connectivity index (χ4v) is 4.40. The Kier molecular flexibility index (Phi) is 8.25. The molecule has 0 aliphatic carbocycles. The number of non-ortho nitro benzene ring substituents is 1. The van der Waals surface area contributed by atoms with Crippen molar-refractivity contribution < 1.29 is 18.1 Å². The molecule has 0 saturated heterocycles. The summed E-state index contributed by atoms with van der Waals surface area (Å²) in [5, 5.41) is 13.3. The summed E-state index contributed by atoms with van der Waals surface area (Å²) in [4.78, 5) is 22.4. The zero-order valence-electron chi connectivity index (χ0n) is 16.9. The molecule has 0 saturated carbocycles. The zero-order chi connectivity index (χ0) is 22.1. The maximum absolute atomic E-state index is 12.8. The number of nitro benzene ring substituents is 1. The zero-order valence-corrected chi connectivity index (χ0v) is 17.8. The average Bonchev–Trinajstić information content (AvgIpc) is 2.73. The minimum absolute atomic E-state index is 0.0249. The molecule has 2 aromatic rings. The van der Waals surface area contributed by atoms with Crippen molar-refractivity contribution >= 4 is 33.4 Å². The van der Waals surface area contributed by atoms with Crippen LogP contribution in [0.5, 0.6) is 0 Å². The van der Waals surface area contributed by atoms with Crippen LogP contribution in [0.4, 0.5) is 11.4 Å². The lowest BCUT2D eigenvalue weighted by molar-refractivity contribution is -0.384. The number of carbonyl (C=O) groups excluding carboxylic acids is 1. The summed E-state index contributed by atoms with van der Waals surface area (Å²) in [6, 6.07) is 11.8. The van der Waals surface area contributed by atoms with Crippen LogP contribution in [-0.4, -0.2) is 36.6 Å². The molecule has 1 N–H and O–H groups in total. The molecule has 0 aliphatic heterocycles. The van der Waals surface area contributed by atoms with Gasteiger partial charge in [0.25, 0.3) is 5.69 Å². The Labute approximate surface area is 176 Å². The van der Waals surface area contributed by atoms with Gasteiger partial charge in [-0.25, -0.2) is 8.42 Å². The van der Waals surface area contributed by atoms with Gasteiger partial charge in [-0.3, -0.25) is 14.9 Å². The van der Waals surface area contributed by atoms with Crippen molar-refractivity contribution in [2.75, 3.05) is 18.4 Å². The summed E-state index contributed by atoms with van der Waals surface area (Å²) in [5.41, 5.74) is 1.08. The molecule has 0 unspecified atom stereocenters. The van der Waals surface area contributed by atoms with Crippen molar-refractivity contribution in [1.82, 2.24) is 4.31 Å². The van der Waals surface area contributed by atoms with Gasteiger partial charge in [-0.15, -0.1) is 0 Å². The van der Waals surface area contributed by atoms with Crippen molar-refractivity contribution in [2.24, 2.45) is 0 Å². The number of benzene rings is 2. The van der Waals surface area contributed by atoms with Crippen LogP contribution in [0.1, 0.15) is 32.3 Å². The van der Waals surface area contributed by atoms with E-state index >= 15 is 0 Å². The average molecular weight is 432 g/mol. The van der Waals surface area contributed by atoms with Crippen LogP contribution in [0.2, 0.25) is 0 Å². The molecule has 0 bridgehead atoms. The van der Waals surface area contributed by atoms with Crippen LogP contribution in [0.15, 0.2) is 59.5 Å². The summed E-state index contributed by atoms with van der Waals surface area (Å²) >= 11 is 0. The lowest BCUT2D eigenvalue weighted by Gasteiger charge is -2.21. The third kappa shape index (κ3) is 6.23. The molecule has 9 heteroatoms. The molecule has 0 atom stereocenters. The van der Waals surface area contributed by atoms with Crippen LogP contribution in [0.25, 0.3) is 6.08 Å². The number of carbonyl (C=O) groups is 1. The molecule has 0 fully saturated rings. The molecular weight excluding hydrogens is 406 g/mol. The maximum atomic E-state index is 12.8. The smallest absolute Gasteiger partial charge is 0.269 e. The first-order valence-corrected chi connectivity index (χ1v) is 11.1. The molecule has 0 heterocycles. The number of sulfonamides is 1. The molecule has 0 radical (unpaired) electrons. The van der Waals surface area contributed by atoms with Crippen molar-refractivity contribution in [3.8, 4) is 0 Å². The maximum Gasteiger partial charge on any atom is 0.269 e. The SMILES string of the molecule is CCCN(CCC)S(=O)(=O)c1ccc(NC(=O)/C=C/c2ccc([N+](=O)[O-])cc2)cc1. The first-order valence-electron chi connectivity index (χ1n) is 9.61. The monoisotopic (exact) mass is 431 g/mol. The molecule has 160 valence electrons. The number of hydrogen-bond donors (Lipinski definition) is 1. The summed E-state index contributed by atoms with van der Waals surface area (Å²) in [5.74, 6) is -0.400. The largest absolute Gasteiger partial charge is 0.323 e. The van der Waals surface area contributed by atoms with E-state index in [0.717, 1.165) is 12.8 Å². The minimum atomic E-state index is -3.57. The van der Waals surface area contributed by atoms with Gasteiger partial charge in [0.1, 0.15) is 0 Å². The fraction of sp³-hybridized carbons (Fsp3) is 0.286. The number of nitro groups is 1. The van der Waals surface area contributed by atoms with Gasteiger partial charge in [-0.2, -0.15) is 4.31 Å².